The summed E-state index contributed by atoms with van der Waals surface area (Å²) in [5, 5.41) is 6.40. The Bertz CT molecular complexity index is 805. The summed E-state index contributed by atoms with van der Waals surface area (Å²) >= 11 is 0. The number of carbonyl (C=O) groups excluding carboxylic acids is 1. The van der Waals surface area contributed by atoms with E-state index in [1.165, 1.54) is 0 Å². The Labute approximate surface area is 159 Å². The Morgan fingerprint density at radius 1 is 1.11 bits per heavy atom. The van der Waals surface area contributed by atoms with Crippen molar-refractivity contribution in [2.75, 3.05) is 31.4 Å². The number of benzene rings is 1. The summed E-state index contributed by atoms with van der Waals surface area (Å²) in [6, 6.07) is 5.92. The van der Waals surface area contributed by atoms with Crippen molar-refractivity contribution in [1.82, 2.24) is 15.5 Å². The predicted molar refractivity (Wildman–Crippen MR) is 99.6 cm³/mol. The lowest BCUT2D eigenvalue weighted by Crippen LogP contribution is -2.50. The molecule has 2 saturated heterocycles. The van der Waals surface area contributed by atoms with Gasteiger partial charge in [0.25, 0.3) is 0 Å². The predicted octanol–water partition coefficient (Wildman–Crippen LogP) is 0.866. The molecule has 4 rings (SSSR count). The zero-order chi connectivity index (χ0) is 18.9. The van der Waals surface area contributed by atoms with Crippen molar-refractivity contribution < 1.29 is 22.7 Å². The summed E-state index contributed by atoms with van der Waals surface area (Å²) in [5.74, 6) is 1.96. The topological polar surface area (TPSA) is 97.0 Å². The van der Waals surface area contributed by atoms with Gasteiger partial charge in [-0.3, -0.25) is 0 Å². The number of nitrogens with zero attached hydrogens (tertiary/aromatic N) is 1. The van der Waals surface area contributed by atoms with E-state index in [1.54, 1.807) is 0 Å². The number of amides is 2. The summed E-state index contributed by atoms with van der Waals surface area (Å²) < 4.78 is 33.8. The van der Waals surface area contributed by atoms with Gasteiger partial charge in [-0.15, -0.1) is 0 Å². The van der Waals surface area contributed by atoms with Crippen LogP contribution in [0.1, 0.15) is 24.8 Å². The minimum absolute atomic E-state index is 0.0615. The van der Waals surface area contributed by atoms with E-state index in [1.807, 2.05) is 23.1 Å². The molecule has 1 aromatic rings. The molecule has 0 aromatic heterocycles. The molecule has 0 aliphatic carbocycles. The molecule has 2 fully saturated rings. The van der Waals surface area contributed by atoms with Crippen LogP contribution in [0.15, 0.2) is 18.2 Å². The number of hydrogen-bond acceptors (Lipinski definition) is 6. The van der Waals surface area contributed by atoms with Gasteiger partial charge in [0.2, 0.25) is 6.79 Å². The van der Waals surface area contributed by atoms with Crippen molar-refractivity contribution >= 4 is 15.9 Å². The molecule has 2 N–H and O–H groups in total. The lowest BCUT2D eigenvalue weighted by molar-refractivity contribution is 0.173. The smallest absolute Gasteiger partial charge is 0.317 e. The third-order valence-electron chi connectivity index (χ3n) is 5.37. The number of piperidine rings is 1. The van der Waals surface area contributed by atoms with Crippen molar-refractivity contribution in [3.63, 3.8) is 0 Å². The first kappa shape index (κ1) is 18.4. The molecule has 3 aliphatic heterocycles. The molecule has 3 heterocycles. The van der Waals surface area contributed by atoms with Gasteiger partial charge in [-0.25, -0.2) is 13.2 Å². The minimum Gasteiger partial charge on any atom is -0.454 e. The molecule has 0 bridgehead atoms. The van der Waals surface area contributed by atoms with Crippen LogP contribution in [0.3, 0.4) is 0 Å². The van der Waals surface area contributed by atoms with Crippen LogP contribution in [0.25, 0.3) is 0 Å². The van der Waals surface area contributed by atoms with Crippen molar-refractivity contribution in [1.29, 1.82) is 0 Å². The van der Waals surface area contributed by atoms with E-state index >= 15 is 0 Å². The van der Waals surface area contributed by atoms with E-state index in [4.69, 9.17) is 9.47 Å². The maximum absolute atomic E-state index is 12.4. The first-order chi connectivity index (χ1) is 13.0. The standard InChI is InChI=1S/C18H25N3O5S/c22-18(19-10-13-1-2-16-17(9-13)26-12-25-16)21-6-3-14(4-7-21)20-15-5-8-27(23,24)11-15/h1-2,9,14-15,20H,3-8,10-12H2,(H,19,22)/t15-/m1/s1. The van der Waals surface area contributed by atoms with Crippen molar-refractivity contribution in [3.05, 3.63) is 23.8 Å². The number of fused-ring (bicyclic) bond motifs is 1. The lowest BCUT2D eigenvalue weighted by atomic mass is 10.0. The first-order valence-electron chi connectivity index (χ1n) is 9.36. The highest BCUT2D eigenvalue weighted by Crippen LogP contribution is 2.32. The van der Waals surface area contributed by atoms with Crippen LogP contribution in [0.5, 0.6) is 11.5 Å². The highest BCUT2D eigenvalue weighted by molar-refractivity contribution is 7.91. The van der Waals surface area contributed by atoms with Gasteiger partial charge in [0.15, 0.2) is 21.3 Å². The quantitative estimate of drug-likeness (QED) is 0.785. The summed E-state index contributed by atoms with van der Waals surface area (Å²) in [5.41, 5.74) is 0.964. The Morgan fingerprint density at radius 3 is 2.63 bits per heavy atom. The Balaban J connectivity index is 1.21. The van der Waals surface area contributed by atoms with Crippen LogP contribution in [-0.4, -0.2) is 62.8 Å². The number of hydrogen-bond donors (Lipinski definition) is 2. The molecule has 0 spiro atoms. The Kier molecular flexibility index (Phi) is 5.14. The second kappa shape index (κ2) is 7.55. The lowest BCUT2D eigenvalue weighted by Gasteiger charge is -2.33. The zero-order valence-electron chi connectivity index (χ0n) is 15.1. The van der Waals surface area contributed by atoms with E-state index in [9.17, 15) is 13.2 Å². The van der Waals surface area contributed by atoms with E-state index in [-0.39, 0.29) is 36.4 Å². The van der Waals surface area contributed by atoms with Crippen molar-refractivity contribution in [2.24, 2.45) is 0 Å². The molecule has 2 amide bonds. The average Bonchev–Trinajstić information content (AvgIpc) is 3.25. The van der Waals surface area contributed by atoms with E-state index < -0.39 is 9.84 Å². The molecule has 0 radical (unpaired) electrons. The van der Waals surface area contributed by atoms with Gasteiger partial charge in [-0.05, 0) is 37.0 Å². The van der Waals surface area contributed by atoms with Crippen LogP contribution < -0.4 is 20.1 Å². The maximum atomic E-state index is 12.4. The molecule has 8 nitrogen and oxygen atoms in total. The summed E-state index contributed by atoms with van der Waals surface area (Å²) in [6.45, 7) is 2.02. The summed E-state index contributed by atoms with van der Waals surface area (Å²) in [4.78, 5) is 14.2. The fourth-order valence-electron chi connectivity index (χ4n) is 3.85. The van der Waals surface area contributed by atoms with Crippen molar-refractivity contribution in [2.45, 2.75) is 37.9 Å². The van der Waals surface area contributed by atoms with Gasteiger partial charge in [-0.1, -0.05) is 6.07 Å². The molecule has 1 aromatic carbocycles. The maximum Gasteiger partial charge on any atom is 0.317 e. The second-order valence-corrected chi connectivity index (χ2v) is 9.60. The SMILES string of the molecule is O=C(NCc1ccc2c(c1)OCO2)N1CCC(N[C@@H]2CCS(=O)(=O)C2)CC1. The number of sulfone groups is 1. The number of nitrogens with one attached hydrogen (secondary N) is 2. The first-order valence-corrected chi connectivity index (χ1v) is 11.2. The normalized spacial score (nSPS) is 24.1. The molecular weight excluding hydrogens is 370 g/mol. The minimum atomic E-state index is -2.86. The molecule has 3 aliphatic rings. The van der Waals surface area contributed by atoms with Crippen LogP contribution >= 0.6 is 0 Å². The molecule has 0 saturated carbocycles. The van der Waals surface area contributed by atoms with Crippen molar-refractivity contribution in [3.8, 4) is 11.5 Å². The number of rotatable bonds is 4. The van der Waals surface area contributed by atoms with Gasteiger partial charge in [0, 0.05) is 31.7 Å². The number of ether oxygens (including phenoxy) is 2. The average molecular weight is 395 g/mol. The van der Waals surface area contributed by atoms with E-state index in [2.05, 4.69) is 10.6 Å². The highest BCUT2D eigenvalue weighted by atomic mass is 32.2. The van der Waals surface area contributed by atoms with Gasteiger partial charge < -0.3 is 25.0 Å². The molecule has 1 atom stereocenters. The molecule has 9 heteroatoms. The van der Waals surface area contributed by atoms with Crippen LogP contribution in [-0.2, 0) is 16.4 Å². The Morgan fingerprint density at radius 2 is 1.89 bits per heavy atom. The number of urea groups is 1. The molecule has 148 valence electrons. The molecular formula is C18H25N3O5S. The van der Waals surface area contributed by atoms with Gasteiger partial charge >= 0.3 is 6.03 Å². The largest absolute Gasteiger partial charge is 0.454 e. The van der Waals surface area contributed by atoms with Crippen LogP contribution in [0, 0.1) is 0 Å². The van der Waals surface area contributed by atoms with E-state index in [0.29, 0.717) is 31.8 Å². The number of carbonyl (C=O) groups is 1. The highest BCUT2D eigenvalue weighted by Gasteiger charge is 2.31. The zero-order valence-corrected chi connectivity index (χ0v) is 16.0. The fraction of sp³-hybridized carbons (Fsp3) is 0.611. The molecule has 27 heavy (non-hydrogen) atoms. The second-order valence-electron chi connectivity index (χ2n) is 7.37. The van der Waals surface area contributed by atoms with Gasteiger partial charge in [-0.2, -0.15) is 0 Å². The fourth-order valence-corrected chi connectivity index (χ4v) is 5.54. The third kappa shape index (κ3) is 4.47. The summed E-state index contributed by atoms with van der Waals surface area (Å²) in [7, 11) is -2.86. The van der Waals surface area contributed by atoms with Gasteiger partial charge in [0.05, 0.1) is 11.5 Å². The Hall–Kier alpha value is -2.00. The third-order valence-corrected chi connectivity index (χ3v) is 7.13. The monoisotopic (exact) mass is 395 g/mol. The van der Waals surface area contributed by atoms with Crippen LogP contribution in [0.2, 0.25) is 0 Å². The van der Waals surface area contributed by atoms with Gasteiger partial charge in [0.1, 0.15) is 0 Å². The van der Waals surface area contributed by atoms with E-state index in [0.717, 1.165) is 24.2 Å². The van der Waals surface area contributed by atoms with Crippen LogP contribution in [0.4, 0.5) is 4.79 Å². The summed E-state index contributed by atoms with van der Waals surface area (Å²) in [6.07, 6.45) is 2.38. The molecule has 0 unspecified atom stereocenters. The number of likely N-dealkylation sites (tertiary alicyclic amines) is 1.